The second kappa shape index (κ2) is 5.64. The Bertz CT molecular complexity index is 674. The lowest BCUT2D eigenvalue weighted by Gasteiger charge is -2.08. The topological polar surface area (TPSA) is 54.9 Å². The van der Waals surface area contributed by atoms with Gasteiger partial charge in [-0.25, -0.2) is 23.1 Å². The van der Waals surface area contributed by atoms with Crippen molar-refractivity contribution in [3.8, 4) is 0 Å². The van der Waals surface area contributed by atoms with Crippen molar-refractivity contribution in [2.45, 2.75) is 0 Å². The van der Waals surface area contributed by atoms with Crippen LogP contribution in [0.15, 0.2) is 18.3 Å². The number of hydrogen-bond acceptors (Lipinski definition) is 3. The van der Waals surface area contributed by atoms with E-state index in [1.54, 1.807) is 0 Å². The van der Waals surface area contributed by atoms with Gasteiger partial charge in [-0.05, 0) is 11.6 Å². The minimum absolute atomic E-state index is 0.189. The van der Waals surface area contributed by atoms with Gasteiger partial charge in [-0.15, -0.1) is 0 Å². The van der Waals surface area contributed by atoms with Crippen molar-refractivity contribution in [1.82, 2.24) is 9.97 Å². The molecule has 1 aromatic carbocycles. The third-order valence-corrected chi connectivity index (χ3v) is 2.67. The van der Waals surface area contributed by atoms with E-state index in [9.17, 15) is 18.0 Å². The van der Waals surface area contributed by atoms with E-state index in [4.69, 9.17) is 23.2 Å². The van der Waals surface area contributed by atoms with Crippen molar-refractivity contribution < 1.29 is 18.0 Å². The van der Waals surface area contributed by atoms with Gasteiger partial charge in [0.2, 0.25) is 5.28 Å². The molecule has 1 N–H and O–H groups in total. The zero-order valence-corrected chi connectivity index (χ0v) is 10.9. The number of nitrogens with one attached hydrogen (secondary N) is 1. The smallest absolute Gasteiger partial charge is 0.260 e. The monoisotopic (exact) mass is 321 g/mol. The van der Waals surface area contributed by atoms with Crippen LogP contribution in [0.2, 0.25) is 10.4 Å². The summed E-state index contributed by atoms with van der Waals surface area (Å²) in [4.78, 5) is 18.8. The summed E-state index contributed by atoms with van der Waals surface area (Å²) in [5.74, 6) is -4.59. The Morgan fingerprint density at radius 3 is 2.30 bits per heavy atom. The number of carbonyl (C=O) groups is 1. The second-order valence-corrected chi connectivity index (χ2v) is 4.24. The van der Waals surface area contributed by atoms with E-state index in [0.717, 1.165) is 6.20 Å². The molecule has 0 spiro atoms. The van der Waals surface area contributed by atoms with Crippen molar-refractivity contribution in [2.24, 2.45) is 0 Å². The number of hydrogen-bond donors (Lipinski definition) is 1. The first kappa shape index (κ1) is 14.5. The summed E-state index contributed by atoms with van der Waals surface area (Å²) in [7, 11) is 0. The number of aromatic nitrogens is 2. The maximum Gasteiger partial charge on any atom is 0.260 e. The van der Waals surface area contributed by atoms with Crippen molar-refractivity contribution in [3.63, 3.8) is 0 Å². The van der Waals surface area contributed by atoms with E-state index in [1.807, 2.05) is 5.32 Å². The number of amides is 1. The van der Waals surface area contributed by atoms with Crippen LogP contribution in [0.3, 0.4) is 0 Å². The largest absolute Gasteiger partial charge is 0.317 e. The predicted octanol–water partition coefficient (Wildman–Crippen LogP) is 3.45. The molecule has 2 rings (SSSR count). The molecule has 9 heteroatoms. The van der Waals surface area contributed by atoms with E-state index >= 15 is 0 Å². The van der Waals surface area contributed by atoms with Crippen LogP contribution in [-0.4, -0.2) is 15.9 Å². The zero-order valence-electron chi connectivity index (χ0n) is 9.42. The third kappa shape index (κ3) is 3.00. The number of rotatable bonds is 2. The summed E-state index contributed by atoms with van der Waals surface area (Å²) in [6.45, 7) is 0. The third-order valence-electron chi connectivity index (χ3n) is 2.20. The number of anilines is 1. The van der Waals surface area contributed by atoms with E-state index in [1.165, 1.54) is 0 Å². The average Bonchev–Trinajstić information content (AvgIpc) is 2.33. The van der Waals surface area contributed by atoms with Crippen LogP contribution in [0.5, 0.6) is 0 Å². The van der Waals surface area contributed by atoms with Gasteiger partial charge < -0.3 is 5.32 Å². The molecule has 4 nitrogen and oxygen atoms in total. The normalized spacial score (nSPS) is 10.4. The summed E-state index contributed by atoms with van der Waals surface area (Å²) in [6, 6.07) is 0.858. The van der Waals surface area contributed by atoms with Gasteiger partial charge in [0, 0.05) is 18.3 Å². The maximum atomic E-state index is 13.4. The van der Waals surface area contributed by atoms with Crippen LogP contribution >= 0.6 is 23.2 Å². The van der Waals surface area contributed by atoms with Crippen LogP contribution in [-0.2, 0) is 0 Å². The van der Waals surface area contributed by atoms with E-state index in [2.05, 4.69) is 9.97 Å². The lowest BCUT2D eigenvalue weighted by molar-refractivity contribution is 0.102. The van der Waals surface area contributed by atoms with Crippen molar-refractivity contribution in [1.29, 1.82) is 0 Å². The summed E-state index contributed by atoms with van der Waals surface area (Å²) in [6.07, 6.45) is 0.992. The fraction of sp³-hybridized carbons (Fsp3) is 0. The number of benzene rings is 1. The van der Waals surface area contributed by atoms with Gasteiger partial charge in [0.15, 0.2) is 11.6 Å². The molecular formula is C11H4Cl2F3N3O. The molecule has 0 atom stereocenters. The van der Waals surface area contributed by atoms with E-state index in [-0.39, 0.29) is 16.0 Å². The summed E-state index contributed by atoms with van der Waals surface area (Å²) in [5.41, 5.74) is -1.04. The highest BCUT2D eigenvalue weighted by Crippen LogP contribution is 2.22. The molecule has 1 heterocycles. The van der Waals surface area contributed by atoms with Gasteiger partial charge >= 0.3 is 0 Å². The molecule has 0 aliphatic rings. The first-order valence-electron chi connectivity index (χ1n) is 5.02. The Morgan fingerprint density at radius 2 is 1.75 bits per heavy atom. The lowest BCUT2D eigenvalue weighted by Crippen LogP contribution is -2.16. The summed E-state index contributed by atoms with van der Waals surface area (Å²) < 4.78 is 39.5. The molecule has 104 valence electrons. The number of halogens is 5. The van der Waals surface area contributed by atoms with E-state index in [0.29, 0.717) is 12.1 Å². The predicted molar refractivity (Wildman–Crippen MR) is 66.3 cm³/mol. The van der Waals surface area contributed by atoms with Crippen molar-refractivity contribution in [2.75, 3.05) is 5.32 Å². The van der Waals surface area contributed by atoms with Crippen molar-refractivity contribution in [3.05, 3.63) is 51.8 Å². The van der Waals surface area contributed by atoms with Gasteiger partial charge in [0.05, 0.1) is 5.56 Å². The Balaban J connectivity index is 2.33. The maximum absolute atomic E-state index is 13.4. The molecule has 0 radical (unpaired) electrons. The standard InChI is InChI=1S/C11H4Cl2F3N3O/c12-9-5(3-17-11(13)19-9)10(20)18-8-6(15)1-4(14)2-7(8)16/h1-3H,(H,18,20). The molecule has 2 aromatic rings. The van der Waals surface area contributed by atoms with E-state index < -0.39 is 29.0 Å². The minimum atomic E-state index is -1.26. The quantitative estimate of drug-likeness (QED) is 0.680. The lowest BCUT2D eigenvalue weighted by atomic mass is 10.2. The average molecular weight is 322 g/mol. The number of carbonyl (C=O) groups excluding carboxylic acids is 1. The van der Waals surface area contributed by atoms with Gasteiger partial charge in [-0.1, -0.05) is 11.6 Å². The molecular weight excluding hydrogens is 318 g/mol. The molecule has 0 bridgehead atoms. The highest BCUT2D eigenvalue weighted by molar-refractivity contribution is 6.34. The first-order valence-corrected chi connectivity index (χ1v) is 5.78. The molecule has 1 aromatic heterocycles. The van der Waals surface area contributed by atoms with Crippen LogP contribution in [0, 0.1) is 17.5 Å². The fourth-order valence-electron chi connectivity index (χ4n) is 1.34. The van der Waals surface area contributed by atoms with Crippen LogP contribution in [0.25, 0.3) is 0 Å². The van der Waals surface area contributed by atoms with Crippen LogP contribution < -0.4 is 5.32 Å². The first-order chi connectivity index (χ1) is 9.38. The van der Waals surface area contributed by atoms with Gasteiger partial charge in [0.1, 0.15) is 16.7 Å². The molecule has 0 saturated carbocycles. The summed E-state index contributed by atoms with van der Waals surface area (Å²) in [5, 5.41) is 1.44. The Hall–Kier alpha value is -1.86. The molecule has 0 fully saturated rings. The van der Waals surface area contributed by atoms with Crippen LogP contribution in [0.1, 0.15) is 10.4 Å². The molecule has 20 heavy (non-hydrogen) atoms. The van der Waals surface area contributed by atoms with Gasteiger partial charge in [-0.3, -0.25) is 4.79 Å². The molecule has 0 saturated heterocycles. The Kier molecular flexibility index (Phi) is 4.10. The Labute approximate surface area is 120 Å². The second-order valence-electron chi connectivity index (χ2n) is 3.54. The highest BCUT2D eigenvalue weighted by atomic mass is 35.5. The molecule has 1 amide bonds. The van der Waals surface area contributed by atoms with Gasteiger partial charge in [-0.2, -0.15) is 0 Å². The summed E-state index contributed by atoms with van der Waals surface area (Å²) >= 11 is 11.1. The fourth-order valence-corrected chi connectivity index (χ4v) is 1.73. The van der Waals surface area contributed by atoms with Crippen molar-refractivity contribution >= 4 is 34.8 Å². The highest BCUT2D eigenvalue weighted by Gasteiger charge is 2.18. The molecule has 0 unspecified atom stereocenters. The van der Waals surface area contributed by atoms with Crippen LogP contribution in [0.4, 0.5) is 18.9 Å². The SMILES string of the molecule is O=C(Nc1c(F)cc(F)cc1F)c1cnc(Cl)nc1Cl. The Morgan fingerprint density at radius 1 is 1.15 bits per heavy atom. The number of nitrogens with zero attached hydrogens (tertiary/aromatic N) is 2. The minimum Gasteiger partial charge on any atom is -0.317 e. The molecule has 0 aliphatic carbocycles. The molecule has 0 aliphatic heterocycles. The zero-order chi connectivity index (χ0) is 14.9. The van der Waals surface area contributed by atoms with Gasteiger partial charge in [0.25, 0.3) is 5.91 Å².